The zero-order chi connectivity index (χ0) is 20.0. The van der Waals surface area contributed by atoms with Crippen molar-refractivity contribution in [3.05, 3.63) is 30.2 Å². The second-order valence-electron chi connectivity index (χ2n) is 6.32. The number of pyridine rings is 1. The number of hydrogen-bond donors (Lipinski definition) is 2. The van der Waals surface area contributed by atoms with Crippen molar-refractivity contribution in [3.8, 4) is 11.6 Å². The van der Waals surface area contributed by atoms with Crippen LogP contribution in [0.4, 0.5) is 0 Å². The maximum atomic E-state index is 5.28. The van der Waals surface area contributed by atoms with Crippen LogP contribution in [-0.4, -0.2) is 79.5 Å². The van der Waals surface area contributed by atoms with Gasteiger partial charge in [-0.05, 0) is 32.5 Å². The standard InChI is InChI=1S/C19H31N7O2/c1-4-20-19(23-12-14-26(2)13-7-15-27-3)22-11-9-17-24-18(28-25-17)16-8-5-6-10-21-16/h5-6,8,10H,4,7,9,11-15H2,1-3H3,(H2,20,22,23). The van der Waals surface area contributed by atoms with Crippen molar-refractivity contribution < 1.29 is 9.26 Å². The van der Waals surface area contributed by atoms with E-state index in [2.05, 4.69) is 42.7 Å². The van der Waals surface area contributed by atoms with Crippen LogP contribution in [0.5, 0.6) is 0 Å². The fraction of sp³-hybridized carbons (Fsp3) is 0.579. The van der Waals surface area contributed by atoms with Crippen molar-refractivity contribution in [2.75, 3.05) is 53.5 Å². The highest BCUT2D eigenvalue weighted by Gasteiger charge is 2.09. The highest BCUT2D eigenvalue weighted by atomic mass is 16.5. The third-order valence-corrected chi connectivity index (χ3v) is 3.98. The van der Waals surface area contributed by atoms with Gasteiger partial charge in [0.2, 0.25) is 0 Å². The average Bonchev–Trinajstić information content (AvgIpc) is 3.18. The van der Waals surface area contributed by atoms with Gasteiger partial charge in [-0.15, -0.1) is 0 Å². The van der Waals surface area contributed by atoms with E-state index in [1.807, 2.05) is 25.1 Å². The van der Waals surface area contributed by atoms with Gasteiger partial charge in [0.05, 0.1) is 6.54 Å². The minimum absolute atomic E-state index is 0.438. The topological polar surface area (TPSA) is 101 Å². The smallest absolute Gasteiger partial charge is 0.276 e. The van der Waals surface area contributed by atoms with E-state index in [0.717, 1.165) is 45.2 Å². The Morgan fingerprint density at radius 1 is 1.29 bits per heavy atom. The molecule has 0 aliphatic rings. The van der Waals surface area contributed by atoms with Crippen molar-refractivity contribution in [2.45, 2.75) is 19.8 Å². The van der Waals surface area contributed by atoms with Gasteiger partial charge in [0.25, 0.3) is 5.89 Å². The predicted molar refractivity (Wildman–Crippen MR) is 109 cm³/mol. The Labute approximate surface area is 166 Å². The highest BCUT2D eigenvalue weighted by molar-refractivity contribution is 5.79. The molecule has 2 N–H and O–H groups in total. The van der Waals surface area contributed by atoms with E-state index in [4.69, 9.17) is 9.26 Å². The molecule has 0 aliphatic carbocycles. The van der Waals surface area contributed by atoms with Crippen molar-refractivity contribution in [3.63, 3.8) is 0 Å². The molecule has 0 saturated heterocycles. The SMILES string of the molecule is CCNC(=NCCN(C)CCCOC)NCCc1noc(-c2ccccn2)n1. The van der Waals surface area contributed by atoms with Crippen LogP contribution in [0.25, 0.3) is 11.6 Å². The maximum Gasteiger partial charge on any atom is 0.276 e. The lowest BCUT2D eigenvalue weighted by Gasteiger charge is -2.16. The Bertz CT molecular complexity index is 691. The van der Waals surface area contributed by atoms with E-state index >= 15 is 0 Å². The number of ether oxygens (including phenoxy) is 1. The lowest BCUT2D eigenvalue weighted by Crippen LogP contribution is -2.39. The number of hydrogen-bond acceptors (Lipinski definition) is 7. The molecule has 28 heavy (non-hydrogen) atoms. The number of rotatable bonds is 12. The van der Waals surface area contributed by atoms with Crippen LogP contribution in [0.1, 0.15) is 19.2 Å². The molecule has 0 aliphatic heterocycles. The number of aromatic nitrogens is 3. The van der Waals surface area contributed by atoms with Gasteiger partial charge in [-0.3, -0.25) is 9.98 Å². The number of guanidine groups is 1. The molecular weight excluding hydrogens is 358 g/mol. The van der Waals surface area contributed by atoms with Crippen LogP contribution in [0.2, 0.25) is 0 Å². The van der Waals surface area contributed by atoms with E-state index in [1.54, 1.807) is 13.3 Å². The summed E-state index contributed by atoms with van der Waals surface area (Å²) in [6.45, 7) is 6.94. The fourth-order valence-electron chi connectivity index (χ4n) is 2.51. The molecule has 2 aromatic rings. The zero-order valence-corrected chi connectivity index (χ0v) is 17.0. The molecule has 9 nitrogen and oxygen atoms in total. The Hall–Kier alpha value is -2.52. The zero-order valence-electron chi connectivity index (χ0n) is 17.0. The average molecular weight is 390 g/mol. The first-order chi connectivity index (χ1) is 13.7. The summed E-state index contributed by atoms with van der Waals surface area (Å²) in [7, 11) is 3.83. The molecule has 0 fully saturated rings. The Morgan fingerprint density at radius 2 is 2.18 bits per heavy atom. The molecule has 2 aromatic heterocycles. The van der Waals surface area contributed by atoms with Crippen molar-refractivity contribution in [2.24, 2.45) is 4.99 Å². The van der Waals surface area contributed by atoms with Gasteiger partial charge in [-0.1, -0.05) is 11.2 Å². The number of likely N-dealkylation sites (N-methyl/N-ethyl adjacent to an activating group) is 1. The Morgan fingerprint density at radius 3 is 2.93 bits per heavy atom. The molecule has 0 atom stereocenters. The minimum atomic E-state index is 0.438. The molecule has 0 saturated carbocycles. The molecule has 0 unspecified atom stereocenters. The highest BCUT2D eigenvalue weighted by Crippen LogP contribution is 2.12. The van der Waals surface area contributed by atoms with Crippen molar-refractivity contribution in [1.29, 1.82) is 0 Å². The van der Waals surface area contributed by atoms with Crippen LogP contribution < -0.4 is 10.6 Å². The summed E-state index contributed by atoms with van der Waals surface area (Å²) in [6, 6.07) is 5.59. The molecule has 0 spiro atoms. The number of aliphatic imine (C=N–C) groups is 1. The largest absolute Gasteiger partial charge is 0.385 e. The molecule has 2 heterocycles. The number of methoxy groups -OCH3 is 1. The quantitative estimate of drug-likeness (QED) is 0.317. The van der Waals surface area contributed by atoms with Gasteiger partial charge < -0.3 is 24.8 Å². The lowest BCUT2D eigenvalue weighted by atomic mass is 10.3. The van der Waals surface area contributed by atoms with E-state index < -0.39 is 0 Å². The van der Waals surface area contributed by atoms with Gasteiger partial charge in [0.15, 0.2) is 11.8 Å². The van der Waals surface area contributed by atoms with Crippen LogP contribution in [0.3, 0.4) is 0 Å². The summed E-state index contributed by atoms with van der Waals surface area (Å²) in [5.74, 6) is 1.87. The number of nitrogens with zero attached hydrogens (tertiary/aromatic N) is 5. The molecule has 0 amide bonds. The van der Waals surface area contributed by atoms with Crippen molar-refractivity contribution in [1.82, 2.24) is 30.7 Å². The molecule has 9 heteroatoms. The molecule has 0 bridgehead atoms. The summed E-state index contributed by atoms with van der Waals surface area (Å²) >= 11 is 0. The van der Waals surface area contributed by atoms with Gasteiger partial charge in [0, 0.05) is 52.5 Å². The number of nitrogens with one attached hydrogen (secondary N) is 2. The van der Waals surface area contributed by atoms with Gasteiger partial charge in [0.1, 0.15) is 5.69 Å². The molecule has 0 aromatic carbocycles. The Balaban J connectivity index is 1.74. The molecule has 154 valence electrons. The van der Waals surface area contributed by atoms with Gasteiger partial charge >= 0.3 is 0 Å². The van der Waals surface area contributed by atoms with Crippen molar-refractivity contribution >= 4 is 5.96 Å². The third kappa shape index (κ3) is 8.01. The first kappa shape index (κ1) is 21.8. The Kier molecular flexibility index (Phi) is 9.95. The minimum Gasteiger partial charge on any atom is -0.385 e. The van der Waals surface area contributed by atoms with E-state index in [-0.39, 0.29) is 0 Å². The second kappa shape index (κ2) is 12.8. The summed E-state index contributed by atoms with van der Waals surface area (Å²) in [4.78, 5) is 15.5. The third-order valence-electron chi connectivity index (χ3n) is 3.98. The first-order valence-corrected chi connectivity index (χ1v) is 9.66. The lowest BCUT2D eigenvalue weighted by molar-refractivity contribution is 0.180. The summed E-state index contributed by atoms with van der Waals surface area (Å²) in [5, 5.41) is 10.6. The molecule has 2 rings (SSSR count). The normalized spacial score (nSPS) is 11.8. The predicted octanol–water partition coefficient (Wildman–Crippen LogP) is 1.20. The summed E-state index contributed by atoms with van der Waals surface area (Å²) < 4.78 is 10.4. The molecular formula is C19H31N7O2. The van der Waals surface area contributed by atoms with E-state index in [9.17, 15) is 0 Å². The monoisotopic (exact) mass is 389 g/mol. The maximum absolute atomic E-state index is 5.28. The summed E-state index contributed by atoms with van der Waals surface area (Å²) in [6.07, 6.45) is 3.37. The van der Waals surface area contributed by atoms with Crippen LogP contribution in [-0.2, 0) is 11.2 Å². The molecule has 0 radical (unpaired) electrons. The van der Waals surface area contributed by atoms with E-state index in [1.165, 1.54) is 0 Å². The van der Waals surface area contributed by atoms with Gasteiger partial charge in [-0.2, -0.15) is 4.98 Å². The van der Waals surface area contributed by atoms with E-state index in [0.29, 0.717) is 30.4 Å². The first-order valence-electron chi connectivity index (χ1n) is 9.66. The second-order valence-corrected chi connectivity index (χ2v) is 6.32. The van der Waals surface area contributed by atoms with Gasteiger partial charge in [-0.25, -0.2) is 0 Å². The van der Waals surface area contributed by atoms with Crippen LogP contribution in [0.15, 0.2) is 33.9 Å². The van der Waals surface area contributed by atoms with Crippen LogP contribution >= 0.6 is 0 Å². The van der Waals surface area contributed by atoms with Crippen LogP contribution in [0, 0.1) is 0 Å². The summed E-state index contributed by atoms with van der Waals surface area (Å²) in [5.41, 5.74) is 0.679. The fourth-order valence-corrected chi connectivity index (χ4v) is 2.51.